The number of likely N-dealkylation sites (N-methyl/N-ethyl adjacent to an activating group) is 1. The van der Waals surface area contributed by atoms with Crippen LogP contribution in [0.5, 0.6) is 5.75 Å². The van der Waals surface area contributed by atoms with E-state index in [1.54, 1.807) is 24.8 Å². The summed E-state index contributed by atoms with van der Waals surface area (Å²) in [6.45, 7) is 4.14. The van der Waals surface area contributed by atoms with Crippen LogP contribution in [0, 0.1) is 0 Å². The molecule has 0 bridgehead atoms. The molecule has 1 aromatic carbocycles. The average Bonchev–Trinajstić information content (AvgIpc) is 3.30. The minimum Gasteiger partial charge on any atom is -0.497 e. The Bertz CT molecular complexity index is 1040. The molecule has 2 fully saturated rings. The molecule has 32 heavy (non-hydrogen) atoms. The van der Waals surface area contributed by atoms with Crippen LogP contribution >= 0.6 is 11.3 Å². The number of rotatable bonds is 5. The van der Waals surface area contributed by atoms with Crippen molar-refractivity contribution in [2.45, 2.75) is 38.0 Å². The number of anilines is 1. The van der Waals surface area contributed by atoms with E-state index in [2.05, 4.69) is 34.0 Å². The summed E-state index contributed by atoms with van der Waals surface area (Å²) in [4.78, 5) is 20.4. The molecular weight excluding hydrogens is 418 g/mol. The maximum Gasteiger partial charge on any atom is 0.186 e. The molecule has 1 saturated heterocycles. The first-order valence-corrected chi connectivity index (χ1v) is 12.4. The molecule has 0 radical (unpaired) electrons. The van der Waals surface area contributed by atoms with Gasteiger partial charge in [0.25, 0.3) is 0 Å². The van der Waals surface area contributed by atoms with Crippen molar-refractivity contribution >= 4 is 16.5 Å². The van der Waals surface area contributed by atoms with Crippen LogP contribution in [-0.4, -0.2) is 60.2 Å². The van der Waals surface area contributed by atoms with E-state index in [1.165, 1.54) is 37.7 Å². The smallest absolute Gasteiger partial charge is 0.186 e. The maximum absolute atomic E-state index is 5.38. The van der Waals surface area contributed by atoms with E-state index < -0.39 is 0 Å². The van der Waals surface area contributed by atoms with Crippen molar-refractivity contribution in [1.29, 1.82) is 0 Å². The Morgan fingerprint density at radius 3 is 2.44 bits per heavy atom. The van der Waals surface area contributed by atoms with Gasteiger partial charge < -0.3 is 14.5 Å². The summed E-state index contributed by atoms with van der Waals surface area (Å²) in [6, 6.07) is 8.23. The van der Waals surface area contributed by atoms with Crippen molar-refractivity contribution in [3.05, 3.63) is 42.4 Å². The number of nitrogens with zero attached hydrogens (tertiary/aromatic N) is 5. The zero-order valence-electron chi connectivity index (χ0n) is 19.0. The Morgan fingerprint density at radius 1 is 0.969 bits per heavy atom. The van der Waals surface area contributed by atoms with Crippen LogP contribution in [0.1, 0.15) is 43.6 Å². The van der Waals surface area contributed by atoms with Crippen LogP contribution in [0.3, 0.4) is 0 Å². The molecule has 5 rings (SSSR count). The molecule has 2 aromatic heterocycles. The van der Waals surface area contributed by atoms with Crippen LogP contribution in [-0.2, 0) is 0 Å². The largest absolute Gasteiger partial charge is 0.497 e. The summed E-state index contributed by atoms with van der Waals surface area (Å²) in [5, 5.41) is 1.09. The average molecular weight is 450 g/mol. The summed E-state index contributed by atoms with van der Waals surface area (Å²) in [5.74, 6) is 1.40. The predicted molar refractivity (Wildman–Crippen MR) is 131 cm³/mol. The number of thiazole rings is 1. The summed E-state index contributed by atoms with van der Waals surface area (Å²) in [7, 11) is 3.89. The van der Waals surface area contributed by atoms with Crippen LogP contribution in [0.4, 0.5) is 5.13 Å². The van der Waals surface area contributed by atoms with Gasteiger partial charge in [-0.15, -0.1) is 0 Å². The number of hydrogen-bond acceptors (Lipinski definition) is 7. The lowest BCUT2D eigenvalue weighted by Gasteiger charge is -2.32. The molecule has 7 heteroatoms. The highest BCUT2D eigenvalue weighted by atomic mass is 32.1. The lowest BCUT2D eigenvalue weighted by atomic mass is 9.83. The number of piperazine rings is 1. The Kier molecular flexibility index (Phi) is 6.37. The van der Waals surface area contributed by atoms with E-state index in [0.29, 0.717) is 5.92 Å². The highest BCUT2D eigenvalue weighted by molar-refractivity contribution is 7.19. The fourth-order valence-corrected chi connectivity index (χ4v) is 5.95. The predicted octanol–water partition coefficient (Wildman–Crippen LogP) is 5.08. The van der Waals surface area contributed by atoms with Gasteiger partial charge in [0.05, 0.1) is 23.4 Å². The highest BCUT2D eigenvalue weighted by Crippen LogP contribution is 2.44. The van der Waals surface area contributed by atoms with Gasteiger partial charge in [-0.3, -0.25) is 0 Å². The minimum absolute atomic E-state index is 0.540. The molecule has 3 aromatic rings. The molecule has 0 unspecified atom stereocenters. The quantitative estimate of drug-likeness (QED) is 0.542. The minimum atomic E-state index is 0.540. The van der Waals surface area contributed by atoms with Crippen molar-refractivity contribution < 1.29 is 4.74 Å². The van der Waals surface area contributed by atoms with Crippen LogP contribution < -0.4 is 9.64 Å². The molecule has 6 nitrogen and oxygen atoms in total. The zero-order chi connectivity index (χ0) is 21.9. The third-order valence-corrected chi connectivity index (χ3v) is 7.88. The van der Waals surface area contributed by atoms with Crippen molar-refractivity contribution in [2.75, 3.05) is 45.2 Å². The maximum atomic E-state index is 5.38. The first-order valence-electron chi connectivity index (χ1n) is 11.6. The van der Waals surface area contributed by atoms with E-state index in [0.717, 1.165) is 58.9 Å². The van der Waals surface area contributed by atoms with Gasteiger partial charge in [-0.1, -0.05) is 30.6 Å². The molecule has 0 amide bonds. The highest BCUT2D eigenvalue weighted by Gasteiger charge is 2.26. The lowest BCUT2D eigenvalue weighted by molar-refractivity contribution is 0.313. The topological polar surface area (TPSA) is 54.4 Å². The molecule has 1 aliphatic heterocycles. The second-order valence-corrected chi connectivity index (χ2v) is 9.83. The van der Waals surface area contributed by atoms with Crippen molar-refractivity contribution in [3.8, 4) is 27.6 Å². The second kappa shape index (κ2) is 9.55. The lowest BCUT2D eigenvalue weighted by Crippen LogP contribution is -2.44. The van der Waals surface area contributed by atoms with Gasteiger partial charge in [-0.25, -0.2) is 15.0 Å². The normalized spacial score (nSPS) is 18.1. The summed E-state index contributed by atoms with van der Waals surface area (Å²) >= 11 is 1.78. The Morgan fingerprint density at radius 2 is 1.72 bits per heavy atom. The molecule has 0 N–H and O–H groups in total. The van der Waals surface area contributed by atoms with E-state index in [-0.39, 0.29) is 0 Å². The molecule has 0 atom stereocenters. The van der Waals surface area contributed by atoms with E-state index in [1.807, 2.05) is 18.3 Å². The Hall–Kier alpha value is -2.51. The summed E-state index contributed by atoms with van der Waals surface area (Å²) in [6.07, 6.45) is 10.1. The third-order valence-electron chi connectivity index (χ3n) is 6.75. The number of hydrogen-bond donors (Lipinski definition) is 0. The van der Waals surface area contributed by atoms with Gasteiger partial charge in [0.2, 0.25) is 0 Å². The van der Waals surface area contributed by atoms with Crippen molar-refractivity contribution in [1.82, 2.24) is 19.9 Å². The fraction of sp³-hybridized carbons (Fsp3) is 0.480. The number of ether oxygens (including phenoxy) is 1. The standard InChI is InChI=1S/C25H31N5OS/c1-29-12-14-30(15-13-29)25-28-22(19-8-10-20(31-2)11-9-19)24(32-25)23-21(16-26-17-27-23)18-6-4-3-5-7-18/h8-11,16-18H,3-7,12-15H2,1-2H3. The van der Waals surface area contributed by atoms with E-state index in [4.69, 9.17) is 14.7 Å². The van der Waals surface area contributed by atoms with Gasteiger partial charge in [0.15, 0.2) is 5.13 Å². The second-order valence-electron chi connectivity index (χ2n) is 8.85. The van der Waals surface area contributed by atoms with Crippen LogP contribution in [0.15, 0.2) is 36.8 Å². The van der Waals surface area contributed by atoms with Gasteiger partial charge >= 0.3 is 0 Å². The summed E-state index contributed by atoms with van der Waals surface area (Å²) < 4.78 is 5.38. The number of benzene rings is 1. The first-order chi connectivity index (χ1) is 15.7. The van der Waals surface area contributed by atoms with E-state index >= 15 is 0 Å². The SMILES string of the molecule is COc1ccc(-c2nc(N3CCN(C)CC3)sc2-c2ncncc2C2CCCCC2)cc1. The van der Waals surface area contributed by atoms with E-state index in [9.17, 15) is 0 Å². The van der Waals surface area contributed by atoms with Crippen molar-refractivity contribution in [3.63, 3.8) is 0 Å². The van der Waals surface area contributed by atoms with Crippen molar-refractivity contribution in [2.24, 2.45) is 0 Å². The molecule has 3 heterocycles. The molecular formula is C25H31N5OS. The summed E-state index contributed by atoms with van der Waals surface area (Å²) in [5.41, 5.74) is 4.47. The molecule has 1 saturated carbocycles. The van der Waals surface area contributed by atoms with Gasteiger partial charge in [-0.05, 0) is 50.1 Å². The fourth-order valence-electron chi connectivity index (χ4n) is 4.79. The van der Waals surface area contributed by atoms with Gasteiger partial charge in [0, 0.05) is 43.5 Å². The number of aromatic nitrogens is 3. The third kappa shape index (κ3) is 4.36. The van der Waals surface area contributed by atoms with Crippen LogP contribution in [0.25, 0.3) is 21.8 Å². The molecule has 0 spiro atoms. The first kappa shape index (κ1) is 21.3. The van der Waals surface area contributed by atoms with Crippen LogP contribution in [0.2, 0.25) is 0 Å². The molecule has 1 aliphatic carbocycles. The van der Waals surface area contributed by atoms with Gasteiger partial charge in [0.1, 0.15) is 12.1 Å². The Balaban J connectivity index is 1.59. The van der Waals surface area contributed by atoms with Gasteiger partial charge in [-0.2, -0.15) is 0 Å². The number of methoxy groups -OCH3 is 1. The monoisotopic (exact) mass is 449 g/mol. The molecule has 168 valence electrons. The zero-order valence-corrected chi connectivity index (χ0v) is 19.8. The molecule has 2 aliphatic rings. The Labute approximate surface area is 194 Å².